The normalized spacial score (nSPS) is 28.7. The summed E-state index contributed by atoms with van der Waals surface area (Å²) >= 11 is 6.33. The summed E-state index contributed by atoms with van der Waals surface area (Å²) in [5, 5.41) is 3.02. The Morgan fingerprint density at radius 2 is 1.76 bits per heavy atom. The van der Waals surface area contributed by atoms with Gasteiger partial charge in [0.25, 0.3) is 0 Å². The molecule has 88 valence electrons. The van der Waals surface area contributed by atoms with Crippen LogP contribution >= 0.6 is 11.6 Å². The van der Waals surface area contributed by atoms with E-state index in [0.717, 1.165) is 6.42 Å². The van der Waals surface area contributed by atoms with Gasteiger partial charge in [-0.3, -0.25) is 0 Å². The lowest BCUT2D eigenvalue weighted by Crippen LogP contribution is -2.09. The fourth-order valence-electron chi connectivity index (χ4n) is 3.03. The molecule has 0 saturated heterocycles. The van der Waals surface area contributed by atoms with E-state index in [2.05, 4.69) is 49.4 Å². The van der Waals surface area contributed by atoms with E-state index in [-0.39, 0.29) is 0 Å². The average molecular weight is 245 g/mol. The molecule has 0 heterocycles. The second kappa shape index (κ2) is 4.34. The highest BCUT2D eigenvalue weighted by Gasteiger charge is 2.32. The monoisotopic (exact) mass is 244 g/mol. The summed E-state index contributed by atoms with van der Waals surface area (Å²) in [5.41, 5.74) is 1.46. The van der Waals surface area contributed by atoms with Gasteiger partial charge in [0, 0.05) is 5.38 Å². The standard InChI is InChI=1S/C16H17Cl/c1-11-15(8-9-16(11)17)14-7-6-12-4-2-3-5-13(12)10-14/h2-7,10-11,15-16H,8-9H2,1H3. The molecule has 1 aliphatic rings. The van der Waals surface area contributed by atoms with Crippen molar-refractivity contribution in [2.45, 2.75) is 31.1 Å². The van der Waals surface area contributed by atoms with Gasteiger partial charge in [0.15, 0.2) is 0 Å². The molecule has 0 spiro atoms. The Morgan fingerprint density at radius 1 is 1.00 bits per heavy atom. The van der Waals surface area contributed by atoms with Gasteiger partial charge in [0.1, 0.15) is 0 Å². The van der Waals surface area contributed by atoms with Crippen molar-refractivity contribution < 1.29 is 0 Å². The molecule has 0 nitrogen and oxygen atoms in total. The van der Waals surface area contributed by atoms with Crippen LogP contribution in [0, 0.1) is 5.92 Å². The molecule has 0 radical (unpaired) electrons. The molecule has 3 unspecified atom stereocenters. The van der Waals surface area contributed by atoms with Gasteiger partial charge >= 0.3 is 0 Å². The van der Waals surface area contributed by atoms with Gasteiger partial charge < -0.3 is 0 Å². The molecule has 0 N–H and O–H groups in total. The first kappa shape index (κ1) is 11.1. The van der Waals surface area contributed by atoms with Crippen molar-refractivity contribution in [1.29, 1.82) is 0 Å². The predicted octanol–water partition coefficient (Wildman–Crippen LogP) is 4.96. The van der Waals surface area contributed by atoms with Crippen molar-refractivity contribution >= 4 is 22.4 Å². The molecular weight excluding hydrogens is 228 g/mol. The van der Waals surface area contributed by atoms with E-state index in [1.807, 2.05) is 0 Å². The number of hydrogen-bond donors (Lipinski definition) is 0. The lowest BCUT2D eigenvalue weighted by atomic mass is 9.89. The average Bonchev–Trinajstić information content (AvgIpc) is 2.70. The van der Waals surface area contributed by atoms with E-state index in [0.29, 0.717) is 17.2 Å². The SMILES string of the molecule is CC1C(Cl)CCC1c1ccc2ccccc2c1. The minimum Gasteiger partial charge on any atom is -0.123 e. The number of hydrogen-bond acceptors (Lipinski definition) is 0. The van der Waals surface area contributed by atoms with Gasteiger partial charge in [-0.2, -0.15) is 0 Å². The Balaban J connectivity index is 2.01. The van der Waals surface area contributed by atoms with Gasteiger partial charge in [0.2, 0.25) is 0 Å². The number of benzene rings is 2. The molecule has 0 bridgehead atoms. The Kier molecular flexibility index (Phi) is 2.84. The van der Waals surface area contributed by atoms with Gasteiger partial charge in [-0.05, 0) is 41.0 Å². The highest BCUT2D eigenvalue weighted by atomic mass is 35.5. The van der Waals surface area contributed by atoms with E-state index in [1.165, 1.54) is 22.8 Å². The third-order valence-corrected chi connectivity index (χ3v) is 4.78. The maximum Gasteiger partial charge on any atom is 0.0367 e. The minimum atomic E-state index is 0.353. The molecule has 3 rings (SSSR count). The van der Waals surface area contributed by atoms with Crippen molar-refractivity contribution in [2.24, 2.45) is 5.92 Å². The zero-order valence-corrected chi connectivity index (χ0v) is 10.8. The summed E-state index contributed by atoms with van der Waals surface area (Å²) in [6.07, 6.45) is 2.38. The van der Waals surface area contributed by atoms with Gasteiger partial charge in [-0.1, -0.05) is 49.4 Å². The largest absolute Gasteiger partial charge is 0.123 e. The maximum absolute atomic E-state index is 6.33. The fourth-order valence-corrected chi connectivity index (χ4v) is 3.33. The minimum absolute atomic E-state index is 0.353. The molecular formula is C16H17Cl. The summed E-state index contributed by atoms with van der Waals surface area (Å²) in [6, 6.07) is 15.4. The van der Waals surface area contributed by atoms with Crippen molar-refractivity contribution in [3.05, 3.63) is 48.0 Å². The van der Waals surface area contributed by atoms with E-state index in [4.69, 9.17) is 11.6 Å². The van der Waals surface area contributed by atoms with Crippen LogP contribution in [0.15, 0.2) is 42.5 Å². The van der Waals surface area contributed by atoms with Crippen molar-refractivity contribution in [1.82, 2.24) is 0 Å². The third-order valence-electron chi connectivity index (χ3n) is 4.16. The van der Waals surface area contributed by atoms with Crippen LogP contribution in [0.25, 0.3) is 10.8 Å². The number of fused-ring (bicyclic) bond motifs is 1. The number of alkyl halides is 1. The Bertz CT molecular complexity index is 532. The summed E-state index contributed by atoms with van der Waals surface area (Å²) in [5.74, 6) is 1.24. The molecule has 1 saturated carbocycles. The highest BCUT2D eigenvalue weighted by Crippen LogP contribution is 2.42. The quantitative estimate of drug-likeness (QED) is 0.622. The lowest BCUT2D eigenvalue weighted by Gasteiger charge is -2.18. The zero-order chi connectivity index (χ0) is 11.8. The second-order valence-corrected chi connectivity index (χ2v) is 5.73. The number of rotatable bonds is 1. The molecule has 0 aliphatic heterocycles. The maximum atomic E-state index is 6.33. The molecule has 17 heavy (non-hydrogen) atoms. The van der Waals surface area contributed by atoms with Crippen molar-refractivity contribution in [3.8, 4) is 0 Å². The molecule has 2 aromatic carbocycles. The summed E-state index contributed by atoms with van der Waals surface area (Å²) in [7, 11) is 0. The highest BCUT2D eigenvalue weighted by molar-refractivity contribution is 6.21. The van der Waals surface area contributed by atoms with Crippen LogP contribution in [0.3, 0.4) is 0 Å². The second-order valence-electron chi connectivity index (χ2n) is 5.17. The first-order valence-corrected chi connectivity index (χ1v) is 6.82. The summed E-state index contributed by atoms with van der Waals surface area (Å²) in [4.78, 5) is 0. The third kappa shape index (κ3) is 1.95. The van der Waals surface area contributed by atoms with Crippen LogP contribution in [0.1, 0.15) is 31.2 Å². The van der Waals surface area contributed by atoms with Crippen LogP contribution in [-0.2, 0) is 0 Å². The van der Waals surface area contributed by atoms with Crippen molar-refractivity contribution in [2.75, 3.05) is 0 Å². The van der Waals surface area contributed by atoms with Crippen LogP contribution in [0.5, 0.6) is 0 Å². The van der Waals surface area contributed by atoms with Crippen LogP contribution < -0.4 is 0 Å². The predicted molar refractivity (Wildman–Crippen MR) is 74.7 cm³/mol. The van der Waals surface area contributed by atoms with E-state index in [9.17, 15) is 0 Å². The molecule has 1 aliphatic carbocycles. The molecule has 0 amide bonds. The van der Waals surface area contributed by atoms with Crippen LogP contribution in [0.4, 0.5) is 0 Å². The fraction of sp³-hybridized carbons (Fsp3) is 0.375. The molecule has 3 atom stereocenters. The molecule has 1 heteroatoms. The summed E-state index contributed by atoms with van der Waals surface area (Å²) in [6.45, 7) is 2.28. The molecule has 2 aromatic rings. The smallest absolute Gasteiger partial charge is 0.0367 e. The topological polar surface area (TPSA) is 0 Å². The van der Waals surface area contributed by atoms with E-state index < -0.39 is 0 Å². The van der Waals surface area contributed by atoms with E-state index >= 15 is 0 Å². The first-order chi connectivity index (χ1) is 8.25. The summed E-state index contributed by atoms with van der Waals surface area (Å²) < 4.78 is 0. The van der Waals surface area contributed by atoms with Crippen molar-refractivity contribution in [3.63, 3.8) is 0 Å². The van der Waals surface area contributed by atoms with E-state index in [1.54, 1.807) is 0 Å². The van der Waals surface area contributed by atoms with Gasteiger partial charge in [-0.25, -0.2) is 0 Å². The Labute approximate surface area is 108 Å². The molecule has 0 aromatic heterocycles. The zero-order valence-electron chi connectivity index (χ0n) is 10.1. The molecule has 1 fully saturated rings. The lowest BCUT2D eigenvalue weighted by molar-refractivity contribution is 0.538. The first-order valence-electron chi connectivity index (χ1n) is 6.38. The van der Waals surface area contributed by atoms with Crippen LogP contribution in [-0.4, -0.2) is 5.38 Å². The van der Waals surface area contributed by atoms with Gasteiger partial charge in [-0.15, -0.1) is 11.6 Å². The Hall–Kier alpha value is -1.01. The Morgan fingerprint density at radius 3 is 2.47 bits per heavy atom. The van der Waals surface area contributed by atoms with Crippen LogP contribution in [0.2, 0.25) is 0 Å². The van der Waals surface area contributed by atoms with Gasteiger partial charge in [0.05, 0.1) is 0 Å². The number of halogens is 1.